The average molecular weight is 369 g/mol. The number of aliphatic carboxylic acids is 1. The van der Waals surface area contributed by atoms with E-state index < -0.39 is 5.97 Å². The highest BCUT2D eigenvalue weighted by molar-refractivity contribution is 9.10. The van der Waals surface area contributed by atoms with Crippen LogP contribution in [0, 0.1) is 11.3 Å². The van der Waals surface area contributed by atoms with Crippen LogP contribution in [0.25, 0.3) is 0 Å². The first-order chi connectivity index (χ1) is 10.3. The summed E-state index contributed by atoms with van der Waals surface area (Å²) in [5.74, 6) is -0.836. The number of nitrogens with zero attached hydrogens (tertiary/aromatic N) is 2. The molecule has 0 aromatic carbocycles. The van der Waals surface area contributed by atoms with Gasteiger partial charge in [0.2, 0.25) is 0 Å². The molecule has 120 valence electrons. The zero-order valence-corrected chi connectivity index (χ0v) is 14.5. The molecule has 1 amide bonds. The van der Waals surface area contributed by atoms with E-state index in [2.05, 4.69) is 29.8 Å². The zero-order valence-electron chi connectivity index (χ0n) is 12.9. The molecule has 0 bridgehead atoms. The third-order valence-corrected chi connectivity index (χ3v) is 5.56. The summed E-state index contributed by atoms with van der Waals surface area (Å²) in [6.45, 7) is 5.42. The molecule has 1 aliphatic carbocycles. The Morgan fingerprint density at radius 1 is 1.36 bits per heavy atom. The van der Waals surface area contributed by atoms with E-state index >= 15 is 0 Å². The van der Waals surface area contributed by atoms with E-state index in [1.807, 2.05) is 21.7 Å². The SMILES string of the molecule is CC(C)n1cc(Br)cc1C(=O)N1CCC2(CC1)CC2C(=O)O. The standard InChI is InChI=1S/C16H21BrN2O3/c1-10(2)19-9-11(17)7-13(19)14(20)18-5-3-16(4-6-18)8-12(16)15(21)22/h7,9-10,12H,3-6,8H2,1-2H3,(H,21,22). The van der Waals surface area contributed by atoms with Crippen molar-refractivity contribution in [2.75, 3.05) is 13.1 Å². The fourth-order valence-corrected chi connectivity index (χ4v) is 4.05. The van der Waals surface area contributed by atoms with Gasteiger partial charge in [0.05, 0.1) is 5.92 Å². The van der Waals surface area contributed by atoms with Crippen LogP contribution in [0.15, 0.2) is 16.7 Å². The molecule has 1 saturated heterocycles. The van der Waals surface area contributed by atoms with Crippen molar-refractivity contribution >= 4 is 27.8 Å². The minimum atomic E-state index is -0.683. The van der Waals surface area contributed by atoms with Crippen molar-refractivity contribution < 1.29 is 14.7 Å². The van der Waals surface area contributed by atoms with Gasteiger partial charge in [-0.2, -0.15) is 0 Å². The first-order valence-corrected chi connectivity index (χ1v) is 8.53. The lowest BCUT2D eigenvalue weighted by atomic mass is 9.90. The topological polar surface area (TPSA) is 62.5 Å². The van der Waals surface area contributed by atoms with Gasteiger partial charge in [-0.05, 0) is 60.5 Å². The first-order valence-electron chi connectivity index (χ1n) is 7.73. The molecule has 1 atom stereocenters. The largest absolute Gasteiger partial charge is 0.481 e. The maximum absolute atomic E-state index is 12.8. The number of halogens is 1. The molecule has 5 nitrogen and oxygen atoms in total. The Hall–Kier alpha value is -1.30. The van der Waals surface area contributed by atoms with E-state index in [4.69, 9.17) is 5.11 Å². The smallest absolute Gasteiger partial charge is 0.307 e. The predicted octanol–water partition coefficient (Wildman–Crippen LogP) is 3.16. The van der Waals surface area contributed by atoms with Crippen LogP contribution in [0.5, 0.6) is 0 Å². The number of carboxylic acid groups (broad SMARTS) is 1. The van der Waals surface area contributed by atoms with Crippen molar-refractivity contribution in [2.24, 2.45) is 11.3 Å². The molecule has 2 heterocycles. The predicted molar refractivity (Wildman–Crippen MR) is 85.8 cm³/mol. The van der Waals surface area contributed by atoms with Crippen LogP contribution in [0.3, 0.4) is 0 Å². The lowest BCUT2D eigenvalue weighted by molar-refractivity contribution is -0.139. The molecule has 1 aromatic heterocycles. The van der Waals surface area contributed by atoms with Gasteiger partial charge in [0, 0.05) is 29.8 Å². The molecule has 22 heavy (non-hydrogen) atoms. The summed E-state index contributed by atoms with van der Waals surface area (Å²) < 4.78 is 2.89. The zero-order chi connectivity index (χ0) is 16.1. The number of aromatic nitrogens is 1. The van der Waals surface area contributed by atoms with Crippen molar-refractivity contribution in [2.45, 2.75) is 39.2 Å². The Labute approximate surface area is 138 Å². The third-order valence-electron chi connectivity index (χ3n) is 5.12. The highest BCUT2D eigenvalue weighted by Crippen LogP contribution is 2.59. The number of amides is 1. The lowest BCUT2D eigenvalue weighted by Crippen LogP contribution is -2.40. The summed E-state index contributed by atoms with van der Waals surface area (Å²) in [4.78, 5) is 25.7. The second-order valence-electron chi connectivity index (χ2n) is 6.79. The Morgan fingerprint density at radius 3 is 2.50 bits per heavy atom. The molecule has 1 aliphatic heterocycles. The Kier molecular flexibility index (Phi) is 3.83. The summed E-state index contributed by atoms with van der Waals surface area (Å²) in [5.41, 5.74) is 0.659. The summed E-state index contributed by atoms with van der Waals surface area (Å²) in [7, 11) is 0. The van der Waals surface area contributed by atoms with Gasteiger partial charge >= 0.3 is 5.97 Å². The number of rotatable bonds is 3. The minimum absolute atomic E-state index is 0.0385. The highest BCUT2D eigenvalue weighted by Gasteiger charge is 2.59. The van der Waals surface area contributed by atoms with Crippen molar-refractivity contribution in [3.05, 3.63) is 22.4 Å². The minimum Gasteiger partial charge on any atom is -0.481 e. The fraction of sp³-hybridized carbons (Fsp3) is 0.625. The Bertz CT molecular complexity index is 615. The van der Waals surface area contributed by atoms with E-state index in [1.54, 1.807) is 0 Å². The van der Waals surface area contributed by atoms with Crippen molar-refractivity contribution in [1.82, 2.24) is 9.47 Å². The lowest BCUT2D eigenvalue weighted by Gasteiger charge is -2.33. The third kappa shape index (κ3) is 2.57. The van der Waals surface area contributed by atoms with Crippen molar-refractivity contribution in [3.8, 4) is 0 Å². The molecule has 1 unspecified atom stereocenters. The molecule has 2 aliphatic rings. The average Bonchev–Trinajstić information content (AvgIpc) is 3.01. The van der Waals surface area contributed by atoms with Crippen LogP contribution in [-0.2, 0) is 4.79 Å². The molecule has 6 heteroatoms. The number of hydrogen-bond acceptors (Lipinski definition) is 2. The molecule has 1 spiro atoms. The van der Waals surface area contributed by atoms with Gasteiger partial charge in [0.25, 0.3) is 5.91 Å². The van der Waals surface area contributed by atoms with Crippen molar-refractivity contribution in [1.29, 1.82) is 0 Å². The first kappa shape index (κ1) is 15.6. The maximum atomic E-state index is 12.8. The highest BCUT2D eigenvalue weighted by atomic mass is 79.9. The Morgan fingerprint density at radius 2 is 2.00 bits per heavy atom. The van der Waals surface area contributed by atoms with Crippen LogP contribution in [0.4, 0.5) is 0 Å². The molecule has 2 fully saturated rings. The number of likely N-dealkylation sites (tertiary alicyclic amines) is 1. The fourth-order valence-electron chi connectivity index (χ4n) is 3.61. The van der Waals surface area contributed by atoms with Gasteiger partial charge in [0.15, 0.2) is 0 Å². The van der Waals surface area contributed by atoms with Gasteiger partial charge in [-0.3, -0.25) is 9.59 Å². The van der Waals surface area contributed by atoms with E-state index in [-0.39, 0.29) is 23.3 Å². The molecule has 1 aromatic rings. The van der Waals surface area contributed by atoms with E-state index in [1.165, 1.54) is 0 Å². The molecular weight excluding hydrogens is 348 g/mol. The van der Waals surface area contributed by atoms with Crippen LogP contribution >= 0.6 is 15.9 Å². The normalized spacial score (nSPS) is 23.1. The number of hydrogen-bond donors (Lipinski definition) is 1. The van der Waals surface area contributed by atoms with E-state index in [9.17, 15) is 9.59 Å². The summed E-state index contributed by atoms with van der Waals surface area (Å²) in [5, 5.41) is 9.13. The van der Waals surface area contributed by atoms with Gasteiger partial charge in [-0.25, -0.2) is 0 Å². The van der Waals surface area contributed by atoms with Gasteiger partial charge in [0.1, 0.15) is 5.69 Å². The maximum Gasteiger partial charge on any atom is 0.307 e. The van der Waals surface area contributed by atoms with Gasteiger partial charge in [-0.1, -0.05) is 0 Å². The molecule has 1 saturated carbocycles. The number of piperidine rings is 1. The van der Waals surface area contributed by atoms with Gasteiger partial charge < -0.3 is 14.6 Å². The monoisotopic (exact) mass is 368 g/mol. The quantitative estimate of drug-likeness (QED) is 0.890. The number of carbonyl (C=O) groups excluding carboxylic acids is 1. The number of carboxylic acids is 1. The molecule has 1 N–H and O–H groups in total. The van der Waals surface area contributed by atoms with Crippen LogP contribution in [0.1, 0.15) is 49.6 Å². The summed E-state index contributed by atoms with van der Waals surface area (Å²) in [6, 6.07) is 2.09. The van der Waals surface area contributed by atoms with Crippen LogP contribution < -0.4 is 0 Å². The van der Waals surface area contributed by atoms with Crippen LogP contribution in [-0.4, -0.2) is 39.5 Å². The second-order valence-corrected chi connectivity index (χ2v) is 7.71. The second kappa shape index (κ2) is 5.41. The van der Waals surface area contributed by atoms with E-state index in [0.717, 1.165) is 23.7 Å². The number of carbonyl (C=O) groups is 2. The summed E-state index contributed by atoms with van der Waals surface area (Å²) in [6.07, 6.45) is 4.32. The molecular formula is C16H21BrN2O3. The summed E-state index contributed by atoms with van der Waals surface area (Å²) >= 11 is 3.44. The molecule has 3 rings (SSSR count). The Balaban J connectivity index is 1.69. The van der Waals surface area contributed by atoms with E-state index in [0.29, 0.717) is 18.8 Å². The van der Waals surface area contributed by atoms with Crippen molar-refractivity contribution in [3.63, 3.8) is 0 Å². The van der Waals surface area contributed by atoms with Gasteiger partial charge in [-0.15, -0.1) is 0 Å². The molecule has 0 radical (unpaired) electrons. The van der Waals surface area contributed by atoms with Crippen LogP contribution in [0.2, 0.25) is 0 Å².